The Morgan fingerprint density at radius 2 is 1.08 bits per heavy atom. The lowest BCUT2D eigenvalue weighted by Crippen LogP contribution is -2.04. The van der Waals surface area contributed by atoms with Crippen LogP contribution in [0.3, 0.4) is 0 Å². The third-order valence-electron chi connectivity index (χ3n) is 5.00. The van der Waals surface area contributed by atoms with Crippen molar-refractivity contribution in [2.75, 3.05) is 0 Å². The Hall–Kier alpha value is -1.70. The second-order valence-corrected chi connectivity index (χ2v) is 7.73. The first-order valence-electron chi connectivity index (χ1n) is 9.30. The summed E-state index contributed by atoms with van der Waals surface area (Å²) >= 11 is 0. The molecule has 1 aromatic carbocycles. The molecule has 24 heavy (non-hydrogen) atoms. The van der Waals surface area contributed by atoms with E-state index in [-0.39, 0.29) is 0 Å². The maximum Gasteiger partial charge on any atom is 0.131 e. The normalized spacial score (nSPS) is 14.2. The Bertz CT molecular complexity index is 554. The van der Waals surface area contributed by atoms with E-state index in [1.165, 1.54) is 16.7 Å². The first kappa shape index (κ1) is 18.6. The molecule has 0 amide bonds. The van der Waals surface area contributed by atoms with Gasteiger partial charge in [-0.2, -0.15) is 0 Å². The zero-order valence-electron chi connectivity index (χ0n) is 16.1. The van der Waals surface area contributed by atoms with Crippen LogP contribution < -0.4 is 0 Å². The molecule has 0 radical (unpaired) electrons. The van der Waals surface area contributed by atoms with Gasteiger partial charge in [0.15, 0.2) is 0 Å². The van der Waals surface area contributed by atoms with Crippen LogP contribution in [0.1, 0.15) is 101 Å². The summed E-state index contributed by atoms with van der Waals surface area (Å²) in [5.74, 6) is 3.04. The van der Waals surface area contributed by atoms with Crippen LogP contribution >= 0.6 is 0 Å². The molecule has 0 aliphatic carbocycles. The van der Waals surface area contributed by atoms with Gasteiger partial charge in [0.25, 0.3) is 0 Å². The minimum Gasteiger partial charge on any atom is -0.241 e. The van der Waals surface area contributed by atoms with Gasteiger partial charge in [0.1, 0.15) is 5.82 Å². The molecular formula is C22H32N2. The first-order valence-corrected chi connectivity index (χ1v) is 9.30. The highest BCUT2D eigenvalue weighted by molar-refractivity contribution is 5.26. The molecule has 0 N–H and O–H groups in total. The van der Waals surface area contributed by atoms with E-state index in [2.05, 4.69) is 75.8 Å². The standard InChI is InChI=1S/C22H32N2/c1-15(2)19-9-11-20(12-10-19)17(5)7-8-18(6)22-23-13-21(14-24-22)16(3)4/h9-18H,7-8H2,1-6H3. The van der Waals surface area contributed by atoms with E-state index in [1.807, 2.05) is 12.4 Å². The monoisotopic (exact) mass is 324 g/mol. The summed E-state index contributed by atoms with van der Waals surface area (Å²) in [5, 5.41) is 0. The van der Waals surface area contributed by atoms with Crippen molar-refractivity contribution in [3.05, 3.63) is 59.2 Å². The number of rotatable bonds is 7. The summed E-state index contributed by atoms with van der Waals surface area (Å²) in [6.07, 6.45) is 6.25. The quantitative estimate of drug-likeness (QED) is 0.588. The molecule has 0 fully saturated rings. The molecule has 2 aromatic rings. The predicted molar refractivity (Wildman–Crippen MR) is 103 cm³/mol. The molecule has 2 nitrogen and oxygen atoms in total. The lowest BCUT2D eigenvalue weighted by molar-refractivity contribution is 0.553. The Morgan fingerprint density at radius 3 is 1.58 bits per heavy atom. The average Bonchev–Trinajstić information content (AvgIpc) is 2.59. The lowest BCUT2D eigenvalue weighted by Gasteiger charge is -2.16. The van der Waals surface area contributed by atoms with Gasteiger partial charge in [-0.25, -0.2) is 9.97 Å². The van der Waals surface area contributed by atoms with Gasteiger partial charge in [-0.15, -0.1) is 0 Å². The zero-order valence-corrected chi connectivity index (χ0v) is 16.1. The van der Waals surface area contributed by atoms with Crippen molar-refractivity contribution < 1.29 is 0 Å². The van der Waals surface area contributed by atoms with Crippen LogP contribution in [0.15, 0.2) is 36.7 Å². The van der Waals surface area contributed by atoms with Crippen LogP contribution in [0.25, 0.3) is 0 Å². The van der Waals surface area contributed by atoms with E-state index in [9.17, 15) is 0 Å². The molecule has 2 unspecified atom stereocenters. The fourth-order valence-electron chi connectivity index (χ4n) is 2.91. The highest BCUT2D eigenvalue weighted by atomic mass is 14.9. The summed E-state index contributed by atoms with van der Waals surface area (Å²) < 4.78 is 0. The van der Waals surface area contributed by atoms with Gasteiger partial charge in [-0.1, -0.05) is 65.8 Å². The Labute approximate surface area is 147 Å². The molecule has 2 atom stereocenters. The number of hydrogen-bond acceptors (Lipinski definition) is 2. The van der Waals surface area contributed by atoms with Crippen molar-refractivity contribution >= 4 is 0 Å². The summed E-state index contributed by atoms with van der Waals surface area (Å²) in [6, 6.07) is 9.12. The van der Waals surface area contributed by atoms with E-state index in [4.69, 9.17) is 0 Å². The van der Waals surface area contributed by atoms with Crippen LogP contribution in [-0.4, -0.2) is 9.97 Å². The molecule has 130 valence electrons. The highest BCUT2D eigenvalue weighted by Crippen LogP contribution is 2.27. The van der Waals surface area contributed by atoms with Gasteiger partial charge in [0.2, 0.25) is 0 Å². The fourth-order valence-corrected chi connectivity index (χ4v) is 2.91. The minimum absolute atomic E-state index is 0.406. The van der Waals surface area contributed by atoms with Crippen LogP contribution in [0.2, 0.25) is 0 Å². The molecule has 2 rings (SSSR count). The number of nitrogens with zero attached hydrogens (tertiary/aromatic N) is 2. The third-order valence-corrected chi connectivity index (χ3v) is 5.00. The smallest absolute Gasteiger partial charge is 0.131 e. The maximum atomic E-state index is 4.57. The van der Waals surface area contributed by atoms with E-state index in [0.29, 0.717) is 23.7 Å². The second-order valence-electron chi connectivity index (χ2n) is 7.73. The average molecular weight is 325 g/mol. The van der Waals surface area contributed by atoms with Crippen molar-refractivity contribution in [3.8, 4) is 0 Å². The number of aromatic nitrogens is 2. The second kappa shape index (κ2) is 8.41. The van der Waals surface area contributed by atoms with Gasteiger partial charge in [-0.3, -0.25) is 0 Å². The van der Waals surface area contributed by atoms with Gasteiger partial charge in [0.05, 0.1) is 0 Å². The van der Waals surface area contributed by atoms with Gasteiger partial charge in [-0.05, 0) is 47.3 Å². The van der Waals surface area contributed by atoms with Crippen LogP contribution in [0.5, 0.6) is 0 Å². The highest BCUT2D eigenvalue weighted by Gasteiger charge is 2.13. The SMILES string of the molecule is CC(C)c1ccc(C(C)CCC(C)c2ncc(C(C)C)cn2)cc1. The van der Waals surface area contributed by atoms with E-state index in [1.54, 1.807) is 0 Å². The topological polar surface area (TPSA) is 25.8 Å². The largest absolute Gasteiger partial charge is 0.241 e. The fraction of sp³-hybridized carbons (Fsp3) is 0.545. The van der Waals surface area contributed by atoms with E-state index >= 15 is 0 Å². The Balaban J connectivity index is 1.91. The number of hydrogen-bond donors (Lipinski definition) is 0. The lowest BCUT2D eigenvalue weighted by atomic mass is 9.90. The van der Waals surface area contributed by atoms with Crippen molar-refractivity contribution in [1.29, 1.82) is 0 Å². The molecule has 0 saturated carbocycles. The Morgan fingerprint density at radius 1 is 0.625 bits per heavy atom. The third kappa shape index (κ3) is 4.90. The summed E-state index contributed by atoms with van der Waals surface area (Å²) in [5.41, 5.74) is 4.06. The van der Waals surface area contributed by atoms with E-state index < -0.39 is 0 Å². The van der Waals surface area contributed by atoms with Gasteiger partial charge < -0.3 is 0 Å². The van der Waals surface area contributed by atoms with Crippen LogP contribution in [0.4, 0.5) is 0 Å². The van der Waals surface area contributed by atoms with Crippen LogP contribution in [0, 0.1) is 0 Å². The summed E-state index contributed by atoms with van der Waals surface area (Å²) in [6.45, 7) is 13.4. The summed E-state index contributed by atoms with van der Waals surface area (Å²) in [7, 11) is 0. The van der Waals surface area contributed by atoms with Gasteiger partial charge in [0, 0.05) is 18.3 Å². The van der Waals surface area contributed by atoms with Gasteiger partial charge >= 0.3 is 0 Å². The molecule has 0 bridgehead atoms. The number of benzene rings is 1. The molecule has 0 aliphatic heterocycles. The predicted octanol–water partition coefficient (Wildman–Crippen LogP) is 6.41. The molecular weight excluding hydrogens is 292 g/mol. The van der Waals surface area contributed by atoms with Crippen molar-refractivity contribution in [3.63, 3.8) is 0 Å². The molecule has 0 spiro atoms. The Kier molecular flexibility index (Phi) is 6.53. The summed E-state index contributed by atoms with van der Waals surface area (Å²) in [4.78, 5) is 9.14. The van der Waals surface area contributed by atoms with Crippen molar-refractivity contribution in [1.82, 2.24) is 9.97 Å². The molecule has 1 aromatic heterocycles. The maximum absolute atomic E-state index is 4.57. The van der Waals surface area contributed by atoms with Crippen LogP contribution in [-0.2, 0) is 0 Å². The molecule has 0 aliphatic rings. The molecule has 0 saturated heterocycles. The minimum atomic E-state index is 0.406. The van der Waals surface area contributed by atoms with E-state index in [0.717, 1.165) is 18.7 Å². The molecule has 2 heteroatoms. The first-order chi connectivity index (χ1) is 11.4. The zero-order chi connectivity index (χ0) is 17.7. The van der Waals surface area contributed by atoms with Crippen molar-refractivity contribution in [2.24, 2.45) is 0 Å². The molecule has 1 heterocycles. The van der Waals surface area contributed by atoms with Crippen molar-refractivity contribution in [2.45, 2.75) is 78.1 Å².